The van der Waals surface area contributed by atoms with Crippen LogP contribution in [0.1, 0.15) is 78.6 Å². The summed E-state index contributed by atoms with van der Waals surface area (Å²) in [6, 6.07) is 0. The van der Waals surface area contributed by atoms with Crippen LogP contribution in [0.2, 0.25) is 0 Å². The lowest BCUT2D eigenvalue weighted by atomic mass is 9.80. The van der Waals surface area contributed by atoms with E-state index in [0.29, 0.717) is 30.9 Å². The number of hydrogen-bond acceptors (Lipinski definition) is 0. The summed E-state index contributed by atoms with van der Waals surface area (Å²) in [5.74, 6) is 0. The minimum absolute atomic E-state index is 0.0104. The van der Waals surface area contributed by atoms with Gasteiger partial charge in [0.1, 0.15) is 24.7 Å². The molecule has 0 aliphatic heterocycles. The van der Waals surface area contributed by atoms with E-state index in [0.717, 1.165) is 19.3 Å². The molecular weight excluding hydrogens is 499 g/mol. The monoisotopic (exact) mass is 534 g/mol. The number of allylic oxidation sites excluding steroid dienone is 2. The van der Waals surface area contributed by atoms with E-state index in [4.69, 9.17) is 0 Å². The third-order valence-corrected chi connectivity index (χ3v) is 17.7. The van der Waals surface area contributed by atoms with Gasteiger partial charge in [-0.15, -0.1) is 0 Å². The molecule has 3 rings (SSSR count). The van der Waals surface area contributed by atoms with Crippen molar-refractivity contribution in [1.29, 1.82) is 0 Å². The van der Waals surface area contributed by atoms with Gasteiger partial charge in [0.05, 0.1) is 0 Å². The van der Waals surface area contributed by atoms with E-state index in [-0.39, 0.29) is 28.8 Å². The molecule has 0 nitrogen and oxygen atoms in total. The molecule has 6 unspecified atom stereocenters. The van der Waals surface area contributed by atoms with Crippen LogP contribution in [0, 0.1) is 5.41 Å². The lowest BCUT2D eigenvalue weighted by Gasteiger charge is -2.56. The molecule has 0 radical (unpaired) electrons. The lowest BCUT2D eigenvalue weighted by molar-refractivity contribution is 0.155. The molecular formula is C22H35F4IS. The Hall–Kier alpha value is 0.540. The summed E-state index contributed by atoms with van der Waals surface area (Å²) < 4.78 is 57.3. The SMILES string of the molecule is CC(C)(C)C1=CCC(S(I)(C2CC(F)CC(F)C2)C2CC(F)C[C@H](F)C2)CC1. The zero-order valence-corrected chi connectivity index (χ0v) is 20.3. The normalized spacial score (nSPS) is 43.7. The highest BCUT2D eigenvalue weighted by Crippen LogP contribution is 2.74. The predicted octanol–water partition coefficient (Wildman–Crippen LogP) is 8.12. The van der Waals surface area contributed by atoms with E-state index >= 15 is 0 Å². The molecule has 0 aromatic heterocycles. The van der Waals surface area contributed by atoms with Gasteiger partial charge < -0.3 is 0 Å². The van der Waals surface area contributed by atoms with Crippen molar-refractivity contribution in [3.05, 3.63) is 11.6 Å². The minimum Gasteiger partial charge on any atom is -0.247 e. The average molecular weight is 534 g/mol. The molecule has 6 heteroatoms. The Morgan fingerprint density at radius 2 is 1.21 bits per heavy atom. The molecule has 28 heavy (non-hydrogen) atoms. The van der Waals surface area contributed by atoms with E-state index in [9.17, 15) is 17.6 Å². The highest BCUT2D eigenvalue weighted by molar-refractivity contribution is 14.2. The van der Waals surface area contributed by atoms with Crippen LogP contribution in [0.4, 0.5) is 17.6 Å². The zero-order chi connectivity index (χ0) is 20.7. The van der Waals surface area contributed by atoms with E-state index in [1.165, 1.54) is 5.57 Å². The van der Waals surface area contributed by atoms with Gasteiger partial charge >= 0.3 is 0 Å². The largest absolute Gasteiger partial charge is 0.247 e. The van der Waals surface area contributed by atoms with Crippen molar-refractivity contribution in [3.8, 4) is 0 Å². The lowest BCUT2D eigenvalue weighted by Crippen LogP contribution is -2.43. The predicted molar refractivity (Wildman–Crippen MR) is 122 cm³/mol. The molecule has 7 atom stereocenters. The standard InChI is InChI=1S/C22H35F4IS/c1-22(2,3)14-4-6-19(7-5-14)28(27,20-10-15(23)8-16(24)11-20)21-12-17(25)9-18(26)13-21/h4,15-21H,5-13H2,1-3H3/t15-,16?,17?,18?,19?,20?,21?/m0/s1. The molecule has 3 aliphatic rings. The Balaban J connectivity index is 1.90. The van der Waals surface area contributed by atoms with Crippen LogP contribution in [0.15, 0.2) is 11.6 Å². The Morgan fingerprint density at radius 3 is 1.54 bits per heavy atom. The maximum atomic E-state index is 14.3. The second-order valence-electron chi connectivity index (χ2n) is 10.1. The van der Waals surface area contributed by atoms with Crippen LogP contribution in [0.25, 0.3) is 0 Å². The first-order chi connectivity index (χ1) is 13.0. The Kier molecular flexibility index (Phi) is 7.42. The van der Waals surface area contributed by atoms with Crippen molar-refractivity contribution in [2.75, 3.05) is 0 Å². The van der Waals surface area contributed by atoms with Crippen molar-refractivity contribution in [1.82, 2.24) is 0 Å². The van der Waals surface area contributed by atoms with E-state index in [2.05, 4.69) is 48.1 Å². The van der Waals surface area contributed by atoms with Crippen molar-refractivity contribution >= 4 is 28.4 Å². The summed E-state index contributed by atoms with van der Waals surface area (Å²) in [5, 5.41) is 0.178. The third-order valence-electron chi connectivity index (χ3n) is 6.96. The Morgan fingerprint density at radius 1 is 0.786 bits per heavy atom. The number of halogens is 5. The van der Waals surface area contributed by atoms with Crippen molar-refractivity contribution in [2.24, 2.45) is 5.41 Å². The summed E-state index contributed by atoms with van der Waals surface area (Å²) in [6.07, 6.45) is 2.16. The van der Waals surface area contributed by atoms with E-state index in [1.54, 1.807) is 0 Å². The molecule has 0 bridgehead atoms. The quantitative estimate of drug-likeness (QED) is 0.195. The first-order valence-electron chi connectivity index (χ1n) is 10.8. The van der Waals surface area contributed by atoms with Gasteiger partial charge in [-0.3, -0.25) is 0 Å². The smallest absolute Gasteiger partial charge is 0.104 e. The summed E-state index contributed by atoms with van der Waals surface area (Å²) in [5.41, 5.74) is 1.57. The van der Waals surface area contributed by atoms with Crippen LogP contribution >= 0.6 is 28.4 Å². The van der Waals surface area contributed by atoms with Gasteiger partial charge in [-0.2, -0.15) is 7.20 Å². The van der Waals surface area contributed by atoms with Crippen molar-refractivity contribution in [2.45, 2.75) is 119 Å². The summed E-state index contributed by atoms with van der Waals surface area (Å²) in [7, 11) is -1.58. The van der Waals surface area contributed by atoms with Gasteiger partial charge in [0.2, 0.25) is 0 Å². The minimum atomic E-state index is -1.58. The second kappa shape index (κ2) is 8.96. The molecule has 0 aromatic carbocycles. The number of rotatable bonds is 3. The molecule has 3 aliphatic carbocycles. The second-order valence-corrected chi connectivity index (χ2v) is 18.0. The fraction of sp³-hybridized carbons (Fsp3) is 0.909. The van der Waals surface area contributed by atoms with Gasteiger partial charge in [0.15, 0.2) is 0 Å². The molecule has 0 spiro atoms. The zero-order valence-electron chi connectivity index (χ0n) is 17.3. The molecule has 2 fully saturated rings. The summed E-state index contributed by atoms with van der Waals surface area (Å²) in [4.78, 5) is 0. The molecule has 0 saturated heterocycles. The van der Waals surface area contributed by atoms with Crippen molar-refractivity contribution in [3.63, 3.8) is 0 Å². The van der Waals surface area contributed by atoms with Crippen LogP contribution in [-0.2, 0) is 0 Å². The summed E-state index contributed by atoms with van der Waals surface area (Å²) in [6.45, 7) is 6.65. The Bertz CT molecular complexity index is 529. The summed E-state index contributed by atoms with van der Waals surface area (Å²) >= 11 is 2.49. The highest BCUT2D eigenvalue weighted by atomic mass is 127. The van der Waals surface area contributed by atoms with Crippen molar-refractivity contribution < 1.29 is 17.6 Å². The number of hydrogen-bond donors (Lipinski definition) is 0. The van der Waals surface area contributed by atoms with Crippen LogP contribution in [-0.4, -0.2) is 40.4 Å². The maximum absolute atomic E-state index is 14.3. The Labute approximate surface area is 181 Å². The van der Waals surface area contributed by atoms with Crippen LogP contribution < -0.4 is 0 Å². The van der Waals surface area contributed by atoms with Gasteiger partial charge in [-0.1, -0.05) is 32.4 Å². The van der Waals surface area contributed by atoms with Gasteiger partial charge in [-0.25, -0.2) is 17.6 Å². The van der Waals surface area contributed by atoms with E-state index < -0.39 is 31.9 Å². The van der Waals surface area contributed by atoms with Crippen LogP contribution in [0.5, 0.6) is 0 Å². The fourth-order valence-corrected chi connectivity index (χ4v) is 13.9. The molecule has 2 saturated carbocycles. The first-order valence-corrected chi connectivity index (χ1v) is 15.1. The van der Waals surface area contributed by atoms with E-state index in [1.807, 2.05) is 0 Å². The first kappa shape index (κ1) is 23.2. The van der Waals surface area contributed by atoms with Gasteiger partial charge in [0.25, 0.3) is 0 Å². The topological polar surface area (TPSA) is 0 Å². The molecule has 164 valence electrons. The molecule has 0 aromatic rings. The maximum Gasteiger partial charge on any atom is 0.104 e. The molecule has 0 amide bonds. The molecule has 0 N–H and O–H groups in total. The molecule has 0 heterocycles. The highest BCUT2D eigenvalue weighted by Gasteiger charge is 2.50. The number of alkyl halides is 4. The average Bonchev–Trinajstić information content (AvgIpc) is 2.58. The third kappa shape index (κ3) is 5.05. The van der Waals surface area contributed by atoms with Crippen LogP contribution in [0.3, 0.4) is 0 Å². The van der Waals surface area contributed by atoms with Gasteiger partial charge in [0, 0.05) is 28.6 Å². The fourth-order valence-electron chi connectivity index (χ4n) is 5.50. The van der Waals surface area contributed by atoms with Gasteiger partial charge in [-0.05, 0) is 71.6 Å².